The van der Waals surface area contributed by atoms with Crippen LogP contribution in [0.1, 0.15) is 53.4 Å². The summed E-state index contributed by atoms with van der Waals surface area (Å²) < 4.78 is 0. The van der Waals surface area contributed by atoms with Gasteiger partial charge in [-0.3, -0.25) is 0 Å². The molecule has 2 N–H and O–H groups in total. The third-order valence-electron chi connectivity index (χ3n) is 5.16. The maximum atomic E-state index is 10.1. The van der Waals surface area contributed by atoms with Crippen LogP contribution in [0.5, 0.6) is 0 Å². The fourth-order valence-corrected chi connectivity index (χ4v) is 4.17. The number of β-amino-alcohol motifs (C(OH)–C–C–N with tert-alkyl or cyclic N) is 1. The number of nitrogens with zero attached hydrogens (tertiary/aromatic N) is 1. The summed E-state index contributed by atoms with van der Waals surface area (Å²) in [5.74, 6) is 0.734. The molecule has 3 atom stereocenters. The Morgan fingerprint density at radius 1 is 1.26 bits per heavy atom. The van der Waals surface area contributed by atoms with Crippen molar-refractivity contribution in [2.45, 2.75) is 65.0 Å². The number of hydrogen-bond acceptors (Lipinski definition) is 3. The van der Waals surface area contributed by atoms with Gasteiger partial charge in [0.2, 0.25) is 0 Å². The summed E-state index contributed by atoms with van der Waals surface area (Å²) in [6, 6.07) is 0.622. The Morgan fingerprint density at radius 2 is 2.00 bits per heavy atom. The topological polar surface area (TPSA) is 35.5 Å². The lowest BCUT2D eigenvalue weighted by atomic mass is 9.67. The molecule has 1 aliphatic carbocycles. The second kappa shape index (κ2) is 5.71. The van der Waals surface area contributed by atoms with E-state index < -0.39 is 5.60 Å². The van der Waals surface area contributed by atoms with Gasteiger partial charge in [0.1, 0.15) is 0 Å². The molecule has 0 aromatic heterocycles. The molecule has 1 saturated carbocycles. The highest BCUT2D eigenvalue weighted by Crippen LogP contribution is 2.39. The third-order valence-corrected chi connectivity index (χ3v) is 5.16. The maximum Gasteiger partial charge on any atom is 0.0758 e. The summed E-state index contributed by atoms with van der Waals surface area (Å²) in [4.78, 5) is 2.47. The molecule has 112 valence electrons. The first kappa shape index (κ1) is 15.3. The van der Waals surface area contributed by atoms with Crippen LogP contribution < -0.4 is 5.32 Å². The zero-order valence-corrected chi connectivity index (χ0v) is 13.2. The van der Waals surface area contributed by atoms with E-state index in [4.69, 9.17) is 0 Å². The Balaban J connectivity index is 1.97. The minimum atomic E-state index is -0.460. The Kier molecular flexibility index (Phi) is 4.59. The van der Waals surface area contributed by atoms with Crippen LogP contribution in [0, 0.1) is 11.3 Å². The molecule has 3 nitrogen and oxygen atoms in total. The van der Waals surface area contributed by atoms with Gasteiger partial charge in [0.05, 0.1) is 5.60 Å². The summed E-state index contributed by atoms with van der Waals surface area (Å²) in [6.45, 7) is 13.1. The van der Waals surface area contributed by atoms with Gasteiger partial charge in [-0.15, -0.1) is 0 Å². The first-order valence-corrected chi connectivity index (χ1v) is 8.02. The van der Waals surface area contributed by atoms with E-state index in [2.05, 4.69) is 31.0 Å². The van der Waals surface area contributed by atoms with Crippen molar-refractivity contribution in [3.63, 3.8) is 0 Å². The Hall–Kier alpha value is -0.120. The van der Waals surface area contributed by atoms with Crippen LogP contribution in [0.25, 0.3) is 0 Å². The Bertz CT molecular complexity index is 301. The average Bonchev–Trinajstić information content (AvgIpc) is 2.63. The predicted octanol–water partition coefficient (Wildman–Crippen LogP) is 2.25. The van der Waals surface area contributed by atoms with Gasteiger partial charge < -0.3 is 15.3 Å². The van der Waals surface area contributed by atoms with E-state index in [1.807, 2.05) is 6.92 Å². The van der Waals surface area contributed by atoms with Crippen LogP contribution in [-0.4, -0.2) is 47.8 Å². The minimum absolute atomic E-state index is 0.404. The van der Waals surface area contributed by atoms with E-state index in [-0.39, 0.29) is 0 Å². The number of hydrogen-bond donors (Lipinski definition) is 2. The Labute approximate surface area is 118 Å². The molecule has 0 spiro atoms. The molecule has 1 saturated heterocycles. The standard InChI is InChI=1S/C16H32N2O/c1-5-17-14-13(7-6-8-15(14,2)3)11-18-10-9-16(4,19)12-18/h13-14,17,19H,5-12H2,1-4H3. The highest BCUT2D eigenvalue weighted by atomic mass is 16.3. The minimum Gasteiger partial charge on any atom is -0.389 e. The lowest BCUT2D eigenvalue weighted by molar-refractivity contribution is 0.0533. The SMILES string of the molecule is CCNC1C(CN2CCC(C)(O)C2)CCCC1(C)C. The average molecular weight is 268 g/mol. The van der Waals surface area contributed by atoms with Gasteiger partial charge in [-0.2, -0.15) is 0 Å². The molecule has 0 radical (unpaired) electrons. The number of rotatable bonds is 4. The smallest absolute Gasteiger partial charge is 0.0758 e. The molecule has 2 aliphatic rings. The van der Waals surface area contributed by atoms with E-state index in [1.165, 1.54) is 19.3 Å². The zero-order chi connectivity index (χ0) is 14.1. The highest BCUT2D eigenvalue weighted by Gasteiger charge is 2.40. The van der Waals surface area contributed by atoms with Gasteiger partial charge in [-0.05, 0) is 44.1 Å². The fourth-order valence-electron chi connectivity index (χ4n) is 4.17. The van der Waals surface area contributed by atoms with Crippen molar-refractivity contribution in [3.8, 4) is 0 Å². The summed E-state index contributed by atoms with van der Waals surface area (Å²) in [6.07, 6.45) is 4.94. The monoisotopic (exact) mass is 268 g/mol. The van der Waals surface area contributed by atoms with Crippen molar-refractivity contribution in [1.82, 2.24) is 10.2 Å². The van der Waals surface area contributed by atoms with E-state index in [0.717, 1.165) is 38.5 Å². The van der Waals surface area contributed by atoms with E-state index in [9.17, 15) is 5.11 Å². The van der Waals surface area contributed by atoms with Crippen molar-refractivity contribution < 1.29 is 5.11 Å². The lowest BCUT2D eigenvalue weighted by Gasteiger charge is -2.45. The van der Waals surface area contributed by atoms with E-state index in [1.54, 1.807) is 0 Å². The number of nitrogens with one attached hydrogen (secondary N) is 1. The normalized spacial score (nSPS) is 39.6. The number of likely N-dealkylation sites (tertiary alicyclic amines) is 1. The van der Waals surface area contributed by atoms with Gasteiger partial charge in [0.25, 0.3) is 0 Å². The molecule has 0 amide bonds. The van der Waals surface area contributed by atoms with Crippen molar-refractivity contribution in [2.75, 3.05) is 26.2 Å². The van der Waals surface area contributed by atoms with Crippen LogP contribution >= 0.6 is 0 Å². The molecule has 19 heavy (non-hydrogen) atoms. The van der Waals surface area contributed by atoms with Crippen LogP contribution in [0.4, 0.5) is 0 Å². The van der Waals surface area contributed by atoms with Crippen LogP contribution in [-0.2, 0) is 0 Å². The molecular weight excluding hydrogens is 236 g/mol. The lowest BCUT2D eigenvalue weighted by Crippen LogP contribution is -2.52. The molecule has 1 aliphatic heterocycles. The van der Waals surface area contributed by atoms with Gasteiger partial charge in [-0.25, -0.2) is 0 Å². The van der Waals surface area contributed by atoms with Gasteiger partial charge in [0.15, 0.2) is 0 Å². The molecule has 2 fully saturated rings. The second-order valence-electron chi connectivity index (χ2n) is 7.66. The molecule has 3 heteroatoms. The third kappa shape index (κ3) is 3.71. The summed E-state index contributed by atoms with van der Waals surface area (Å²) in [7, 11) is 0. The summed E-state index contributed by atoms with van der Waals surface area (Å²) in [5, 5.41) is 13.8. The van der Waals surface area contributed by atoms with Gasteiger partial charge in [0, 0.05) is 25.7 Å². The molecule has 2 rings (SSSR count). The summed E-state index contributed by atoms with van der Waals surface area (Å²) >= 11 is 0. The van der Waals surface area contributed by atoms with Gasteiger partial charge in [-0.1, -0.05) is 27.2 Å². The van der Waals surface area contributed by atoms with Crippen molar-refractivity contribution in [1.29, 1.82) is 0 Å². The molecule has 3 unspecified atom stereocenters. The van der Waals surface area contributed by atoms with E-state index in [0.29, 0.717) is 11.5 Å². The molecule has 0 aromatic rings. The maximum absolute atomic E-state index is 10.1. The highest BCUT2D eigenvalue weighted by molar-refractivity contribution is 4.96. The largest absolute Gasteiger partial charge is 0.389 e. The van der Waals surface area contributed by atoms with E-state index >= 15 is 0 Å². The van der Waals surface area contributed by atoms with Crippen molar-refractivity contribution in [2.24, 2.45) is 11.3 Å². The quantitative estimate of drug-likeness (QED) is 0.821. The van der Waals surface area contributed by atoms with Crippen molar-refractivity contribution >= 4 is 0 Å². The zero-order valence-electron chi connectivity index (χ0n) is 13.2. The first-order valence-electron chi connectivity index (χ1n) is 8.02. The van der Waals surface area contributed by atoms with Crippen molar-refractivity contribution in [3.05, 3.63) is 0 Å². The van der Waals surface area contributed by atoms with Crippen LogP contribution in [0.3, 0.4) is 0 Å². The van der Waals surface area contributed by atoms with Crippen LogP contribution in [0.15, 0.2) is 0 Å². The number of aliphatic hydroxyl groups is 1. The molecule has 0 aromatic carbocycles. The fraction of sp³-hybridized carbons (Fsp3) is 1.00. The first-order chi connectivity index (χ1) is 8.84. The molecule has 0 bridgehead atoms. The Morgan fingerprint density at radius 3 is 2.58 bits per heavy atom. The molecular formula is C16H32N2O. The van der Waals surface area contributed by atoms with Crippen LogP contribution in [0.2, 0.25) is 0 Å². The predicted molar refractivity (Wildman–Crippen MR) is 80.3 cm³/mol. The summed E-state index contributed by atoms with van der Waals surface area (Å²) in [5.41, 5.74) is -0.0565. The second-order valence-corrected chi connectivity index (χ2v) is 7.66. The molecule has 1 heterocycles. The van der Waals surface area contributed by atoms with Gasteiger partial charge >= 0.3 is 0 Å².